The molecule has 0 aromatic carbocycles. The molecule has 1 fully saturated rings. The number of aromatic nitrogens is 2. The lowest BCUT2D eigenvalue weighted by atomic mass is 10.2. The fourth-order valence-corrected chi connectivity index (χ4v) is 5.73. The van der Waals surface area contributed by atoms with E-state index < -0.39 is 7.60 Å². The highest BCUT2D eigenvalue weighted by Gasteiger charge is 2.24. The monoisotopic (exact) mass is 609 g/mol. The van der Waals surface area contributed by atoms with Gasteiger partial charge in [-0.2, -0.15) is 0 Å². The maximum atomic E-state index is 12.2. The number of rotatable bonds is 9. The summed E-state index contributed by atoms with van der Waals surface area (Å²) in [5.74, 6) is 0. The molecule has 3 heterocycles. The van der Waals surface area contributed by atoms with Gasteiger partial charge in [-0.15, -0.1) is 0 Å². The number of ether oxygens (including phenoxy) is 1. The molecule has 0 aliphatic carbocycles. The Balaban J connectivity index is 0.000000586. The third-order valence-corrected chi connectivity index (χ3v) is 7.50. The van der Waals surface area contributed by atoms with Gasteiger partial charge in [-0.3, -0.25) is 9.46 Å². The van der Waals surface area contributed by atoms with E-state index in [4.69, 9.17) is 13.8 Å². The Hall–Kier alpha value is -0.670. The van der Waals surface area contributed by atoms with E-state index in [1.54, 1.807) is 33.2 Å². The molecule has 0 saturated carbocycles. The van der Waals surface area contributed by atoms with Crippen LogP contribution >= 0.6 is 39.5 Å². The number of halogens is 2. The van der Waals surface area contributed by atoms with Crippen LogP contribution in [0, 0.1) is 0 Å². The standard InChI is InChI=1S/C11H15BrN2O.C10H15BrNO3P.2CH4/c1-15-10-3-5-14(8-10)7-9-2-4-13-11(12)6-9;1-3-14-16(13,15-4-2)8-9-5-6-12-10(11)7-9;;/h2,4,6,10H,3,5,7-8H2,1H3;5-7H,3-4,8H2,1-2H3;2*1H4/t10-;;;/m1.../s1. The first-order valence-electron chi connectivity index (χ1n) is 10.2. The van der Waals surface area contributed by atoms with Crippen molar-refractivity contribution in [1.82, 2.24) is 14.9 Å². The minimum absolute atomic E-state index is 0. The molecular formula is C23H38Br2N3O4P. The summed E-state index contributed by atoms with van der Waals surface area (Å²) in [4.78, 5) is 10.5. The van der Waals surface area contributed by atoms with Crippen LogP contribution in [-0.2, 0) is 31.1 Å². The number of hydrogen-bond donors (Lipinski definition) is 0. The van der Waals surface area contributed by atoms with E-state index in [0.717, 1.165) is 36.2 Å². The lowest BCUT2D eigenvalue weighted by Gasteiger charge is -2.16. The van der Waals surface area contributed by atoms with Crippen molar-refractivity contribution in [3.05, 3.63) is 57.0 Å². The summed E-state index contributed by atoms with van der Waals surface area (Å²) in [7, 11) is -1.22. The van der Waals surface area contributed by atoms with Crippen LogP contribution in [0.3, 0.4) is 0 Å². The smallest absolute Gasteiger partial charge is 0.335 e. The van der Waals surface area contributed by atoms with Crippen molar-refractivity contribution in [3.63, 3.8) is 0 Å². The molecule has 1 aliphatic rings. The zero-order valence-corrected chi connectivity index (χ0v) is 22.2. The van der Waals surface area contributed by atoms with Gasteiger partial charge in [0, 0.05) is 39.1 Å². The molecule has 1 aliphatic heterocycles. The number of hydrogen-bond acceptors (Lipinski definition) is 7. The summed E-state index contributed by atoms with van der Waals surface area (Å²) >= 11 is 6.65. The molecule has 0 amide bonds. The summed E-state index contributed by atoms with van der Waals surface area (Å²) in [5, 5.41) is 0. The average molecular weight is 611 g/mol. The lowest BCUT2D eigenvalue weighted by Crippen LogP contribution is -2.22. The van der Waals surface area contributed by atoms with Crippen LogP contribution in [0.25, 0.3) is 0 Å². The first-order chi connectivity index (χ1) is 14.9. The SMILES string of the molecule is C.C.CCOP(=O)(Cc1ccnc(Br)c1)OCC.CO[C@@H]1CCN(Cc2ccnc(Br)c2)C1. The van der Waals surface area contributed by atoms with Gasteiger partial charge in [-0.05, 0) is 87.5 Å². The second-order valence-electron chi connectivity index (χ2n) is 6.96. The van der Waals surface area contributed by atoms with Gasteiger partial charge in [-0.1, -0.05) is 14.9 Å². The van der Waals surface area contributed by atoms with Gasteiger partial charge in [0.25, 0.3) is 0 Å². The van der Waals surface area contributed by atoms with Crippen LogP contribution in [0.2, 0.25) is 0 Å². The molecule has 10 heteroatoms. The van der Waals surface area contributed by atoms with Crippen LogP contribution in [-0.4, -0.2) is 54.4 Å². The fourth-order valence-electron chi connectivity index (χ4n) is 3.22. The maximum absolute atomic E-state index is 12.2. The summed E-state index contributed by atoms with van der Waals surface area (Å²) < 4.78 is 29.6. The Morgan fingerprint density at radius 2 is 1.58 bits per heavy atom. The molecular weight excluding hydrogens is 573 g/mol. The second-order valence-corrected chi connectivity index (χ2v) is 10.6. The normalized spacial score (nSPS) is 15.7. The third kappa shape index (κ3) is 12.0. The molecule has 3 rings (SSSR count). The average Bonchev–Trinajstić information content (AvgIpc) is 3.16. The van der Waals surface area contributed by atoms with E-state index in [2.05, 4.69) is 58.9 Å². The van der Waals surface area contributed by atoms with E-state index >= 15 is 0 Å². The van der Waals surface area contributed by atoms with E-state index in [9.17, 15) is 4.57 Å². The molecule has 2 aromatic rings. The Kier molecular flexibility index (Phi) is 16.5. The Morgan fingerprint density at radius 3 is 2.06 bits per heavy atom. The lowest BCUT2D eigenvalue weighted by molar-refractivity contribution is 0.107. The molecule has 1 atom stereocenters. The van der Waals surface area contributed by atoms with Crippen LogP contribution in [0.5, 0.6) is 0 Å². The van der Waals surface area contributed by atoms with Crippen LogP contribution < -0.4 is 0 Å². The minimum Gasteiger partial charge on any atom is -0.380 e. The van der Waals surface area contributed by atoms with Gasteiger partial charge < -0.3 is 13.8 Å². The molecule has 0 radical (unpaired) electrons. The summed E-state index contributed by atoms with van der Waals surface area (Å²) in [5.41, 5.74) is 2.18. The number of nitrogens with zero attached hydrogens (tertiary/aromatic N) is 3. The molecule has 33 heavy (non-hydrogen) atoms. The van der Waals surface area contributed by atoms with Crippen LogP contribution in [0.15, 0.2) is 45.9 Å². The predicted octanol–water partition coefficient (Wildman–Crippen LogP) is 6.95. The van der Waals surface area contributed by atoms with E-state index in [0.29, 0.717) is 23.9 Å². The Labute approximate surface area is 216 Å². The van der Waals surface area contributed by atoms with Crippen molar-refractivity contribution in [3.8, 4) is 0 Å². The zero-order chi connectivity index (χ0) is 22.7. The Morgan fingerprint density at radius 1 is 1.03 bits per heavy atom. The van der Waals surface area contributed by atoms with Crippen LogP contribution in [0.4, 0.5) is 0 Å². The van der Waals surface area contributed by atoms with Gasteiger partial charge in [-0.25, -0.2) is 9.97 Å². The highest BCUT2D eigenvalue weighted by molar-refractivity contribution is 9.10. The third-order valence-electron chi connectivity index (χ3n) is 4.58. The summed E-state index contributed by atoms with van der Waals surface area (Å²) in [6, 6.07) is 7.74. The van der Waals surface area contributed by atoms with Crippen molar-refractivity contribution in [1.29, 1.82) is 0 Å². The molecule has 2 aromatic heterocycles. The first kappa shape index (κ1) is 32.3. The molecule has 0 unspecified atom stereocenters. The maximum Gasteiger partial charge on any atom is 0.335 e. The van der Waals surface area contributed by atoms with Gasteiger partial charge in [0.05, 0.1) is 25.5 Å². The van der Waals surface area contributed by atoms with Crippen LogP contribution in [0.1, 0.15) is 46.2 Å². The van der Waals surface area contributed by atoms with Crippen molar-refractivity contribution >= 4 is 39.5 Å². The first-order valence-corrected chi connectivity index (χ1v) is 13.5. The fraction of sp³-hybridized carbons (Fsp3) is 0.565. The summed E-state index contributed by atoms with van der Waals surface area (Å²) in [6.07, 6.45) is 5.32. The van der Waals surface area contributed by atoms with Crippen molar-refractivity contribution < 1.29 is 18.3 Å². The molecule has 1 saturated heterocycles. The highest BCUT2D eigenvalue weighted by atomic mass is 79.9. The molecule has 0 N–H and O–H groups in total. The summed E-state index contributed by atoms with van der Waals surface area (Å²) in [6.45, 7) is 7.51. The minimum atomic E-state index is -3.01. The molecule has 0 spiro atoms. The molecule has 7 nitrogen and oxygen atoms in total. The predicted molar refractivity (Wildman–Crippen MR) is 143 cm³/mol. The van der Waals surface area contributed by atoms with E-state index in [-0.39, 0.29) is 21.0 Å². The second kappa shape index (κ2) is 16.9. The Bertz CT molecular complexity index is 850. The zero-order valence-electron chi connectivity index (χ0n) is 18.2. The van der Waals surface area contributed by atoms with E-state index in [1.807, 2.05) is 12.3 Å². The van der Waals surface area contributed by atoms with Gasteiger partial charge in [0.2, 0.25) is 0 Å². The van der Waals surface area contributed by atoms with Crippen molar-refractivity contribution in [2.45, 2.75) is 53.9 Å². The van der Waals surface area contributed by atoms with Gasteiger partial charge in [0.1, 0.15) is 9.21 Å². The highest BCUT2D eigenvalue weighted by Crippen LogP contribution is 2.51. The number of methoxy groups -OCH3 is 1. The van der Waals surface area contributed by atoms with Crippen molar-refractivity contribution in [2.75, 3.05) is 33.4 Å². The van der Waals surface area contributed by atoms with Crippen molar-refractivity contribution in [2.24, 2.45) is 0 Å². The number of likely N-dealkylation sites (tertiary alicyclic amines) is 1. The molecule has 0 bridgehead atoms. The largest absolute Gasteiger partial charge is 0.380 e. The van der Waals surface area contributed by atoms with Gasteiger partial charge >= 0.3 is 7.60 Å². The molecule has 188 valence electrons. The topological polar surface area (TPSA) is 73.8 Å². The van der Waals surface area contributed by atoms with Gasteiger partial charge in [0.15, 0.2) is 0 Å². The quantitative estimate of drug-likeness (QED) is 0.225. The number of pyridine rings is 2. The van der Waals surface area contributed by atoms with E-state index in [1.165, 1.54) is 5.56 Å².